The molecule has 0 aliphatic carbocycles. The lowest BCUT2D eigenvalue weighted by atomic mass is 9.83. The molecule has 0 radical (unpaired) electrons. The zero-order valence-electron chi connectivity index (χ0n) is 17.7. The van der Waals surface area contributed by atoms with E-state index in [1.807, 2.05) is 13.0 Å². The number of aromatic nitrogens is 3. The standard InChI is InChI=1S/C24H28F2N4O/c1-18(29-11-9-20(10-12-29)13-19-5-3-2-4-6-19)24(31,15-30-17-27-16-28-30)22-8-7-21(25)14-23(22)26/h2-8,14,16-18,20,31H,9-13,15H2,1H3/t18-,24-/m0/s1. The molecule has 0 bridgehead atoms. The molecule has 1 aromatic heterocycles. The largest absolute Gasteiger partial charge is 0.381 e. The van der Waals surface area contributed by atoms with Crippen LogP contribution in [0.3, 0.4) is 0 Å². The van der Waals surface area contributed by atoms with E-state index in [2.05, 4.69) is 39.2 Å². The second-order valence-electron chi connectivity index (χ2n) is 8.49. The Morgan fingerprint density at radius 2 is 1.87 bits per heavy atom. The van der Waals surface area contributed by atoms with Gasteiger partial charge in [-0.3, -0.25) is 4.90 Å². The molecule has 1 fully saturated rings. The van der Waals surface area contributed by atoms with E-state index < -0.39 is 23.3 Å². The molecule has 1 aliphatic rings. The number of piperidine rings is 1. The summed E-state index contributed by atoms with van der Waals surface area (Å²) >= 11 is 0. The molecule has 31 heavy (non-hydrogen) atoms. The van der Waals surface area contributed by atoms with Crippen LogP contribution < -0.4 is 0 Å². The molecule has 0 saturated carbocycles. The third-order valence-electron chi connectivity index (χ3n) is 6.52. The van der Waals surface area contributed by atoms with Gasteiger partial charge in [-0.15, -0.1) is 0 Å². The first-order valence-corrected chi connectivity index (χ1v) is 10.7. The van der Waals surface area contributed by atoms with Crippen molar-refractivity contribution in [2.75, 3.05) is 13.1 Å². The van der Waals surface area contributed by atoms with Gasteiger partial charge >= 0.3 is 0 Å². The van der Waals surface area contributed by atoms with Crippen LogP contribution in [-0.4, -0.2) is 43.9 Å². The van der Waals surface area contributed by atoms with Crippen molar-refractivity contribution in [3.63, 3.8) is 0 Å². The summed E-state index contributed by atoms with van der Waals surface area (Å²) in [6, 6.07) is 13.4. The minimum Gasteiger partial charge on any atom is -0.381 e. The molecule has 0 spiro atoms. The molecule has 2 atom stereocenters. The van der Waals surface area contributed by atoms with Crippen molar-refractivity contribution in [2.45, 2.75) is 44.4 Å². The summed E-state index contributed by atoms with van der Waals surface area (Å²) in [7, 11) is 0. The first-order chi connectivity index (χ1) is 15.0. The van der Waals surface area contributed by atoms with Crippen molar-refractivity contribution in [1.82, 2.24) is 19.7 Å². The maximum atomic E-state index is 14.7. The van der Waals surface area contributed by atoms with Crippen molar-refractivity contribution in [3.8, 4) is 0 Å². The van der Waals surface area contributed by atoms with E-state index in [-0.39, 0.29) is 12.1 Å². The SMILES string of the molecule is C[C@H](N1CCC(Cc2ccccc2)CC1)[C@@](O)(Cn1cncn1)c1ccc(F)cc1F. The predicted molar refractivity (Wildman–Crippen MR) is 114 cm³/mol. The Balaban J connectivity index is 1.51. The molecule has 2 aromatic carbocycles. The summed E-state index contributed by atoms with van der Waals surface area (Å²) in [4.78, 5) is 6.13. The molecule has 7 heteroatoms. The number of benzene rings is 2. The van der Waals surface area contributed by atoms with Crippen molar-refractivity contribution in [1.29, 1.82) is 0 Å². The van der Waals surface area contributed by atoms with Crippen molar-refractivity contribution in [3.05, 3.63) is 83.9 Å². The van der Waals surface area contributed by atoms with Crippen LogP contribution in [0.1, 0.15) is 30.9 Å². The summed E-state index contributed by atoms with van der Waals surface area (Å²) in [6.45, 7) is 3.54. The van der Waals surface area contributed by atoms with Crippen LogP contribution in [-0.2, 0) is 18.6 Å². The summed E-state index contributed by atoms with van der Waals surface area (Å²) in [5.41, 5.74) is -0.175. The fourth-order valence-electron chi connectivity index (χ4n) is 4.64. The van der Waals surface area contributed by atoms with Gasteiger partial charge in [0, 0.05) is 17.7 Å². The normalized spacial score (nSPS) is 18.6. The quantitative estimate of drug-likeness (QED) is 0.625. The van der Waals surface area contributed by atoms with Crippen LogP contribution in [0.4, 0.5) is 8.78 Å². The molecule has 2 heterocycles. The second-order valence-corrected chi connectivity index (χ2v) is 8.49. The molecule has 5 nitrogen and oxygen atoms in total. The highest BCUT2D eigenvalue weighted by molar-refractivity contribution is 5.27. The molecule has 1 aliphatic heterocycles. The zero-order chi connectivity index (χ0) is 21.8. The van der Waals surface area contributed by atoms with Gasteiger partial charge in [-0.25, -0.2) is 18.4 Å². The van der Waals surface area contributed by atoms with Crippen LogP contribution in [0.15, 0.2) is 61.2 Å². The van der Waals surface area contributed by atoms with E-state index >= 15 is 0 Å². The van der Waals surface area contributed by atoms with Crippen LogP contribution in [0.25, 0.3) is 0 Å². The first-order valence-electron chi connectivity index (χ1n) is 10.7. The monoisotopic (exact) mass is 426 g/mol. The van der Waals surface area contributed by atoms with Gasteiger partial charge in [0.1, 0.15) is 29.9 Å². The van der Waals surface area contributed by atoms with Crippen LogP contribution in [0.5, 0.6) is 0 Å². The Kier molecular flexibility index (Phi) is 6.43. The van der Waals surface area contributed by atoms with Crippen molar-refractivity contribution >= 4 is 0 Å². The van der Waals surface area contributed by atoms with Crippen molar-refractivity contribution < 1.29 is 13.9 Å². The number of hydrogen-bond acceptors (Lipinski definition) is 4. The van der Waals surface area contributed by atoms with Crippen LogP contribution in [0, 0.1) is 17.6 Å². The number of rotatable bonds is 7. The number of likely N-dealkylation sites (tertiary alicyclic amines) is 1. The minimum absolute atomic E-state index is 0.0284. The highest BCUT2D eigenvalue weighted by Gasteiger charge is 2.42. The Morgan fingerprint density at radius 3 is 2.52 bits per heavy atom. The van der Waals surface area contributed by atoms with Crippen molar-refractivity contribution in [2.24, 2.45) is 5.92 Å². The molecule has 1 saturated heterocycles. The van der Waals surface area contributed by atoms with E-state index in [1.165, 1.54) is 35.0 Å². The number of aliphatic hydroxyl groups is 1. The smallest absolute Gasteiger partial charge is 0.137 e. The highest BCUT2D eigenvalue weighted by atomic mass is 19.1. The van der Waals surface area contributed by atoms with E-state index in [4.69, 9.17) is 0 Å². The van der Waals surface area contributed by atoms with Gasteiger partial charge < -0.3 is 5.11 Å². The summed E-state index contributed by atoms with van der Waals surface area (Å²) in [6.07, 6.45) is 5.92. The summed E-state index contributed by atoms with van der Waals surface area (Å²) in [5.74, 6) is -0.844. The van der Waals surface area contributed by atoms with Gasteiger partial charge in [0.05, 0.1) is 6.54 Å². The molecular formula is C24H28F2N4O. The fourth-order valence-corrected chi connectivity index (χ4v) is 4.64. The zero-order valence-corrected chi connectivity index (χ0v) is 17.7. The summed E-state index contributed by atoms with van der Waals surface area (Å²) < 4.78 is 29.8. The van der Waals surface area contributed by atoms with Crippen LogP contribution >= 0.6 is 0 Å². The molecule has 164 valence electrons. The Labute approximate surface area is 181 Å². The predicted octanol–water partition coefficient (Wildman–Crippen LogP) is 3.79. The second kappa shape index (κ2) is 9.24. The van der Waals surface area contributed by atoms with E-state index in [0.717, 1.165) is 38.4 Å². The minimum atomic E-state index is -1.59. The maximum Gasteiger partial charge on any atom is 0.137 e. The molecule has 3 aromatic rings. The number of nitrogens with zero attached hydrogens (tertiary/aromatic N) is 4. The maximum absolute atomic E-state index is 14.7. The van der Waals surface area contributed by atoms with Crippen LogP contribution in [0.2, 0.25) is 0 Å². The number of halogens is 2. The van der Waals surface area contributed by atoms with E-state index in [0.29, 0.717) is 5.92 Å². The highest BCUT2D eigenvalue weighted by Crippen LogP contribution is 2.35. The van der Waals surface area contributed by atoms with E-state index in [1.54, 1.807) is 0 Å². The average molecular weight is 427 g/mol. The Bertz CT molecular complexity index is 975. The van der Waals surface area contributed by atoms with Gasteiger partial charge in [0.2, 0.25) is 0 Å². The van der Waals surface area contributed by atoms with Gasteiger partial charge in [0.15, 0.2) is 0 Å². The molecule has 1 N–H and O–H groups in total. The lowest BCUT2D eigenvalue weighted by Gasteiger charge is -2.44. The third-order valence-corrected chi connectivity index (χ3v) is 6.52. The lowest BCUT2D eigenvalue weighted by molar-refractivity contribution is -0.0712. The van der Waals surface area contributed by atoms with Gasteiger partial charge in [-0.05, 0) is 56.8 Å². The van der Waals surface area contributed by atoms with E-state index in [9.17, 15) is 13.9 Å². The number of hydrogen-bond donors (Lipinski definition) is 1. The molecule has 4 rings (SSSR count). The van der Waals surface area contributed by atoms with Gasteiger partial charge in [-0.2, -0.15) is 5.10 Å². The molecule has 0 amide bonds. The first kappa shape index (κ1) is 21.6. The summed E-state index contributed by atoms with van der Waals surface area (Å²) in [5, 5.41) is 15.8. The Hall–Kier alpha value is -2.64. The molecular weight excluding hydrogens is 398 g/mol. The average Bonchev–Trinajstić information content (AvgIpc) is 3.27. The van der Waals surface area contributed by atoms with Gasteiger partial charge in [0.25, 0.3) is 0 Å². The third kappa shape index (κ3) is 4.83. The molecule has 0 unspecified atom stereocenters. The Morgan fingerprint density at radius 1 is 1.13 bits per heavy atom. The topological polar surface area (TPSA) is 54.2 Å². The lowest BCUT2D eigenvalue weighted by Crippen LogP contribution is -2.54. The fraction of sp³-hybridized carbons (Fsp3) is 0.417. The van der Waals surface area contributed by atoms with Gasteiger partial charge in [-0.1, -0.05) is 36.4 Å².